The Morgan fingerprint density at radius 2 is 1.05 bits per heavy atom. The van der Waals surface area contributed by atoms with E-state index in [1.165, 1.54) is 27.4 Å². The maximum atomic E-state index is 5.54. The molecule has 0 N–H and O–H groups in total. The van der Waals surface area contributed by atoms with Gasteiger partial charge in [-0.25, -0.2) is 9.97 Å². The fraction of sp³-hybridized carbons (Fsp3) is 0. The molecule has 0 bridgehead atoms. The molecule has 4 nitrogen and oxygen atoms in total. The monoisotopic (exact) mass is 560 g/mol. The van der Waals surface area contributed by atoms with Crippen LogP contribution in [0.4, 0.5) is 0 Å². The van der Waals surface area contributed by atoms with Crippen LogP contribution in [0.3, 0.4) is 0 Å². The molecule has 0 fully saturated rings. The second-order valence-electron chi connectivity index (χ2n) is 11.5. The van der Waals surface area contributed by atoms with Crippen molar-refractivity contribution in [1.82, 2.24) is 19.1 Å². The Morgan fingerprint density at radius 3 is 1.75 bits per heavy atom. The smallest absolute Gasteiger partial charge is 0.146 e. The van der Waals surface area contributed by atoms with Crippen molar-refractivity contribution in [3.63, 3.8) is 0 Å². The number of hydrogen-bond acceptors (Lipinski definition) is 2. The number of hydrogen-bond donors (Lipinski definition) is 0. The molecule has 4 aromatic heterocycles. The van der Waals surface area contributed by atoms with Crippen molar-refractivity contribution in [2.75, 3.05) is 0 Å². The summed E-state index contributed by atoms with van der Waals surface area (Å²) in [5, 5.41) is 3.55. The first-order valence-electron chi connectivity index (χ1n) is 14.9. The van der Waals surface area contributed by atoms with Crippen LogP contribution in [0.5, 0.6) is 0 Å². The third-order valence-corrected chi connectivity index (χ3v) is 8.91. The van der Waals surface area contributed by atoms with Crippen molar-refractivity contribution < 1.29 is 0 Å². The number of nitrogens with zero attached hydrogens (tertiary/aromatic N) is 4. The van der Waals surface area contributed by atoms with E-state index in [-0.39, 0.29) is 0 Å². The highest BCUT2D eigenvalue weighted by Crippen LogP contribution is 2.49. The first-order chi connectivity index (χ1) is 21.8. The Balaban J connectivity index is 1.32. The van der Waals surface area contributed by atoms with E-state index in [1.54, 1.807) is 0 Å². The molecule has 4 heterocycles. The predicted octanol–water partition coefficient (Wildman–Crippen LogP) is 9.99. The van der Waals surface area contributed by atoms with Crippen LogP contribution in [0.2, 0.25) is 0 Å². The number of benzene rings is 5. The van der Waals surface area contributed by atoms with E-state index in [4.69, 9.17) is 9.97 Å². The highest BCUT2D eigenvalue weighted by Gasteiger charge is 2.27. The van der Waals surface area contributed by atoms with Gasteiger partial charge in [-0.05, 0) is 59.7 Å². The van der Waals surface area contributed by atoms with Crippen LogP contribution in [-0.4, -0.2) is 19.1 Å². The molecular weight excluding hydrogens is 536 g/mol. The Hall–Kier alpha value is -6.00. The normalized spacial score (nSPS) is 12.1. The van der Waals surface area contributed by atoms with E-state index >= 15 is 0 Å². The van der Waals surface area contributed by atoms with Gasteiger partial charge in [-0.15, -0.1) is 0 Å². The molecule has 4 heteroatoms. The Bertz CT molecular complexity index is 2520. The predicted molar refractivity (Wildman–Crippen MR) is 181 cm³/mol. The number of rotatable bonds is 4. The molecule has 0 aliphatic heterocycles. The van der Waals surface area contributed by atoms with Crippen molar-refractivity contribution in [3.8, 4) is 45.0 Å². The zero-order chi connectivity index (χ0) is 28.8. The first-order valence-corrected chi connectivity index (χ1v) is 14.9. The third kappa shape index (κ3) is 3.33. The van der Waals surface area contributed by atoms with Crippen molar-refractivity contribution in [1.29, 1.82) is 0 Å². The summed E-state index contributed by atoms with van der Waals surface area (Å²) in [6, 6.07) is 51.4. The van der Waals surface area contributed by atoms with Gasteiger partial charge in [0.05, 0.1) is 39.1 Å². The molecule has 2 aliphatic rings. The van der Waals surface area contributed by atoms with Gasteiger partial charge in [0.25, 0.3) is 0 Å². The average molecular weight is 561 g/mol. The van der Waals surface area contributed by atoms with Crippen LogP contribution in [0.1, 0.15) is 0 Å². The molecule has 0 amide bonds. The summed E-state index contributed by atoms with van der Waals surface area (Å²) in [5.74, 6) is 0. The maximum absolute atomic E-state index is 5.54. The topological polar surface area (TPSA) is 35.6 Å². The summed E-state index contributed by atoms with van der Waals surface area (Å²) in [5.41, 5.74) is 14.3. The molecule has 4 aromatic carbocycles. The lowest BCUT2D eigenvalue weighted by atomic mass is 10.1. The molecule has 2 aliphatic carbocycles. The van der Waals surface area contributed by atoms with Gasteiger partial charge in [-0.1, -0.05) is 97.1 Å². The SMILES string of the molecule is c1ccc(-c2cc(-n3c4ccccc4c4cc5c(nc43)c3c4cc-4cc3n5-c3ccccc3)cc(-c3ccccc3)n2)cc1. The lowest BCUT2D eigenvalue weighted by Crippen LogP contribution is -1.99. The van der Waals surface area contributed by atoms with Gasteiger partial charge in [0, 0.05) is 33.0 Å². The minimum Gasteiger partial charge on any atom is -0.308 e. The van der Waals surface area contributed by atoms with Crippen LogP contribution in [0, 0.1) is 0 Å². The summed E-state index contributed by atoms with van der Waals surface area (Å²) in [6.45, 7) is 0. The van der Waals surface area contributed by atoms with E-state index in [1.807, 2.05) is 12.1 Å². The third-order valence-electron chi connectivity index (χ3n) is 8.91. The highest BCUT2D eigenvalue weighted by molar-refractivity contribution is 6.23. The zero-order valence-electron chi connectivity index (χ0n) is 23.6. The molecule has 0 saturated carbocycles. The number of fused-ring (bicyclic) bond motifs is 8. The van der Waals surface area contributed by atoms with E-state index in [2.05, 4.69) is 143 Å². The molecule has 0 radical (unpaired) electrons. The molecule has 0 saturated heterocycles. The Morgan fingerprint density at radius 1 is 0.409 bits per heavy atom. The Labute approximate surface area is 253 Å². The standard InChI is InChI=1S/C40H24N4/c1-4-12-25(13-5-1)33-22-29(23-34(41-33)26-14-6-2-7-15-26)44-35-19-11-10-18-30(35)32-24-37-39(42-40(32)44)38-31-20-27(31)21-36(38)43(37)28-16-8-3-9-17-28/h1-24H. The largest absolute Gasteiger partial charge is 0.308 e. The van der Waals surface area contributed by atoms with Gasteiger partial charge in [0.15, 0.2) is 0 Å². The quantitative estimate of drug-likeness (QED) is 0.215. The fourth-order valence-corrected chi connectivity index (χ4v) is 6.87. The van der Waals surface area contributed by atoms with Crippen molar-refractivity contribution in [2.45, 2.75) is 0 Å². The zero-order valence-corrected chi connectivity index (χ0v) is 23.6. The van der Waals surface area contributed by atoms with Gasteiger partial charge < -0.3 is 4.57 Å². The highest BCUT2D eigenvalue weighted by atomic mass is 15.1. The number of aromatic nitrogens is 4. The van der Waals surface area contributed by atoms with Crippen LogP contribution >= 0.6 is 0 Å². The minimum absolute atomic E-state index is 0.932. The second kappa shape index (κ2) is 8.76. The van der Waals surface area contributed by atoms with Crippen molar-refractivity contribution in [3.05, 3.63) is 146 Å². The first kappa shape index (κ1) is 23.6. The van der Waals surface area contributed by atoms with Gasteiger partial charge >= 0.3 is 0 Å². The number of para-hydroxylation sites is 2. The maximum Gasteiger partial charge on any atom is 0.146 e. The minimum atomic E-state index is 0.932. The van der Waals surface area contributed by atoms with Crippen molar-refractivity contribution in [2.24, 2.45) is 0 Å². The summed E-state index contributed by atoms with van der Waals surface area (Å²) < 4.78 is 4.69. The Kier molecular flexibility index (Phi) is 4.69. The van der Waals surface area contributed by atoms with E-state index in [0.29, 0.717) is 0 Å². The lowest BCUT2D eigenvalue weighted by molar-refractivity contribution is 1.13. The summed E-state index contributed by atoms with van der Waals surface area (Å²) >= 11 is 0. The molecule has 8 aromatic rings. The molecular formula is C40H24N4. The van der Waals surface area contributed by atoms with E-state index in [0.717, 1.165) is 61.5 Å². The molecule has 0 unspecified atom stereocenters. The molecule has 0 spiro atoms. The summed E-state index contributed by atoms with van der Waals surface area (Å²) in [6.07, 6.45) is 0. The average Bonchev–Trinajstić information content (AvgIpc) is 3.48. The van der Waals surface area contributed by atoms with Crippen molar-refractivity contribution >= 4 is 43.9 Å². The molecule has 204 valence electrons. The van der Waals surface area contributed by atoms with Crippen LogP contribution in [-0.2, 0) is 0 Å². The van der Waals surface area contributed by atoms with Gasteiger partial charge in [-0.3, -0.25) is 4.57 Å². The fourth-order valence-electron chi connectivity index (χ4n) is 6.87. The van der Waals surface area contributed by atoms with Gasteiger partial charge in [-0.2, -0.15) is 0 Å². The van der Waals surface area contributed by atoms with Crippen LogP contribution in [0.15, 0.2) is 146 Å². The lowest BCUT2D eigenvalue weighted by Gasteiger charge is -2.13. The molecule has 0 atom stereocenters. The van der Waals surface area contributed by atoms with E-state index in [9.17, 15) is 0 Å². The van der Waals surface area contributed by atoms with Gasteiger partial charge in [0.1, 0.15) is 5.65 Å². The van der Waals surface area contributed by atoms with Crippen LogP contribution < -0.4 is 0 Å². The van der Waals surface area contributed by atoms with E-state index < -0.39 is 0 Å². The molecule has 10 rings (SSSR count). The molecule has 44 heavy (non-hydrogen) atoms. The van der Waals surface area contributed by atoms with Gasteiger partial charge in [0.2, 0.25) is 0 Å². The van der Waals surface area contributed by atoms with Crippen LogP contribution in [0.25, 0.3) is 88.9 Å². The number of pyridine rings is 2. The summed E-state index contributed by atoms with van der Waals surface area (Å²) in [7, 11) is 0. The second-order valence-corrected chi connectivity index (χ2v) is 11.5. The summed E-state index contributed by atoms with van der Waals surface area (Å²) in [4.78, 5) is 10.7.